The standard InChI is InChI=1S/C13H15BrN2O/c1-8(2)12-7-13(17)15-16(12)10-4-5-11(14)9(3)6-10/h4-8H,1-3H3,(H,15,17). The minimum Gasteiger partial charge on any atom is -0.268 e. The first-order chi connectivity index (χ1) is 7.99. The zero-order valence-electron chi connectivity index (χ0n) is 10.1. The van der Waals surface area contributed by atoms with Crippen LogP contribution in [0.15, 0.2) is 33.5 Å². The predicted octanol–water partition coefficient (Wildman–Crippen LogP) is 3.36. The largest absolute Gasteiger partial charge is 0.268 e. The van der Waals surface area contributed by atoms with Crippen molar-refractivity contribution in [2.45, 2.75) is 26.7 Å². The van der Waals surface area contributed by atoms with Gasteiger partial charge in [0.15, 0.2) is 0 Å². The number of aromatic nitrogens is 2. The zero-order valence-corrected chi connectivity index (χ0v) is 11.7. The number of hydrogen-bond donors (Lipinski definition) is 1. The molecule has 3 nitrogen and oxygen atoms in total. The maximum atomic E-state index is 11.5. The van der Waals surface area contributed by atoms with Crippen molar-refractivity contribution in [2.75, 3.05) is 0 Å². The summed E-state index contributed by atoms with van der Waals surface area (Å²) in [7, 11) is 0. The van der Waals surface area contributed by atoms with E-state index in [2.05, 4.69) is 34.9 Å². The van der Waals surface area contributed by atoms with Crippen LogP contribution in [0.1, 0.15) is 31.0 Å². The molecule has 2 aromatic rings. The molecule has 0 atom stereocenters. The number of hydrogen-bond acceptors (Lipinski definition) is 1. The molecule has 0 radical (unpaired) electrons. The number of nitrogens with one attached hydrogen (secondary N) is 1. The van der Waals surface area contributed by atoms with Gasteiger partial charge in [-0.05, 0) is 36.6 Å². The van der Waals surface area contributed by atoms with Gasteiger partial charge < -0.3 is 0 Å². The van der Waals surface area contributed by atoms with Crippen LogP contribution in [0.2, 0.25) is 0 Å². The van der Waals surface area contributed by atoms with Gasteiger partial charge in [-0.1, -0.05) is 29.8 Å². The third-order valence-electron chi connectivity index (χ3n) is 2.75. The number of benzene rings is 1. The molecule has 1 N–H and O–H groups in total. The van der Waals surface area contributed by atoms with E-state index < -0.39 is 0 Å². The SMILES string of the molecule is Cc1cc(-n2[nH]c(=O)cc2C(C)C)ccc1Br. The van der Waals surface area contributed by atoms with E-state index in [1.165, 1.54) is 0 Å². The second kappa shape index (κ2) is 4.53. The molecule has 0 aliphatic rings. The van der Waals surface area contributed by atoms with Crippen LogP contribution in [-0.2, 0) is 0 Å². The van der Waals surface area contributed by atoms with E-state index >= 15 is 0 Å². The summed E-state index contributed by atoms with van der Waals surface area (Å²) in [5, 5.41) is 2.83. The zero-order chi connectivity index (χ0) is 12.6. The molecule has 17 heavy (non-hydrogen) atoms. The van der Waals surface area contributed by atoms with Crippen molar-refractivity contribution >= 4 is 15.9 Å². The monoisotopic (exact) mass is 294 g/mol. The Balaban J connectivity index is 2.59. The molecule has 0 aliphatic heterocycles. The molecule has 90 valence electrons. The van der Waals surface area contributed by atoms with Gasteiger partial charge in [0.2, 0.25) is 0 Å². The maximum Gasteiger partial charge on any atom is 0.264 e. The molecule has 4 heteroatoms. The number of rotatable bonds is 2. The van der Waals surface area contributed by atoms with E-state index in [4.69, 9.17) is 0 Å². The van der Waals surface area contributed by atoms with Gasteiger partial charge in [0, 0.05) is 16.2 Å². The lowest BCUT2D eigenvalue weighted by atomic mass is 10.1. The summed E-state index contributed by atoms with van der Waals surface area (Å²) >= 11 is 3.47. The Labute approximate surface area is 109 Å². The summed E-state index contributed by atoms with van der Waals surface area (Å²) in [5.41, 5.74) is 3.06. The third-order valence-corrected chi connectivity index (χ3v) is 3.64. The van der Waals surface area contributed by atoms with Crippen molar-refractivity contribution in [1.29, 1.82) is 0 Å². The van der Waals surface area contributed by atoms with Gasteiger partial charge >= 0.3 is 0 Å². The van der Waals surface area contributed by atoms with Crippen molar-refractivity contribution in [3.05, 3.63) is 50.3 Å². The van der Waals surface area contributed by atoms with E-state index in [-0.39, 0.29) is 5.56 Å². The van der Waals surface area contributed by atoms with Crippen LogP contribution in [0.25, 0.3) is 5.69 Å². The van der Waals surface area contributed by atoms with E-state index in [1.807, 2.05) is 29.8 Å². The maximum absolute atomic E-state index is 11.5. The Bertz CT molecular complexity index is 596. The summed E-state index contributed by atoms with van der Waals surface area (Å²) in [5.74, 6) is 0.304. The summed E-state index contributed by atoms with van der Waals surface area (Å²) in [6.07, 6.45) is 0. The van der Waals surface area contributed by atoms with Gasteiger partial charge in [-0.3, -0.25) is 14.6 Å². The number of halogens is 1. The molecule has 0 fully saturated rings. The van der Waals surface area contributed by atoms with Gasteiger partial charge in [0.25, 0.3) is 5.56 Å². The Morgan fingerprint density at radius 2 is 2.00 bits per heavy atom. The van der Waals surface area contributed by atoms with E-state index in [9.17, 15) is 4.79 Å². The average Bonchev–Trinajstić information content (AvgIpc) is 2.64. The predicted molar refractivity (Wildman–Crippen MR) is 72.9 cm³/mol. The van der Waals surface area contributed by atoms with Crippen LogP contribution in [0.3, 0.4) is 0 Å². The molecule has 1 aromatic heterocycles. The normalized spacial score (nSPS) is 11.1. The highest BCUT2D eigenvalue weighted by atomic mass is 79.9. The van der Waals surface area contributed by atoms with Gasteiger partial charge in [-0.25, -0.2) is 0 Å². The van der Waals surface area contributed by atoms with Crippen molar-refractivity contribution in [2.24, 2.45) is 0 Å². The second-order valence-corrected chi connectivity index (χ2v) is 5.32. The molecule has 0 aliphatic carbocycles. The fourth-order valence-corrected chi connectivity index (χ4v) is 2.06. The second-order valence-electron chi connectivity index (χ2n) is 4.47. The lowest BCUT2D eigenvalue weighted by molar-refractivity contribution is 0.730. The van der Waals surface area contributed by atoms with Crippen molar-refractivity contribution < 1.29 is 0 Å². The quantitative estimate of drug-likeness (QED) is 0.906. The van der Waals surface area contributed by atoms with Crippen LogP contribution in [0.4, 0.5) is 0 Å². The summed E-state index contributed by atoms with van der Waals surface area (Å²) in [4.78, 5) is 11.5. The third kappa shape index (κ3) is 2.36. The highest BCUT2D eigenvalue weighted by Crippen LogP contribution is 2.21. The molecule has 0 spiro atoms. The number of aromatic amines is 1. The first-order valence-electron chi connectivity index (χ1n) is 5.57. The minimum absolute atomic E-state index is 0.0609. The average molecular weight is 295 g/mol. The number of aryl methyl sites for hydroxylation is 1. The highest BCUT2D eigenvalue weighted by Gasteiger charge is 2.10. The fraction of sp³-hybridized carbons (Fsp3) is 0.308. The fourth-order valence-electron chi connectivity index (χ4n) is 1.81. The molecule has 0 saturated carbocycles. The van der Waals surface area contributed by atoms with Crippen molar-refractivity contribution in [3.63, 3.8) is 0 Å². The molecule has 0 saturated heterocycles. The Morgan fingerprint density at radius 3 is 2.59 bits per heavy atom. The molecule has 0 bridgehead atoms. The lowest BCUT2D eigenvalue weighted by Gasteiger charge is -2.11. The smallest absolute Gasteiger partial charge is 0.264 e. The van der Waals surface area contributed by atoms with E-state index in [1.54, 1.807) is 6.07 Å². The van der Waals surface area contributed by atoms with Gasteiger partial charge in [0.05, 0.1) is 5.69 Å². The van der Waals surface area contributed by atoms with Crippen molar-refractivity contribution in [3.8, 4) is 5.69 Å². The number of H-pyrrole nitrogens is 1. The molecular formula is C13H15BrN2O. The van der Waals surface area contributed by atoms with Crippen LogP contribution in [-0.4, -0.2) is 9.78 Å². The van der Waals surface area contributed by atoms with Crippen molar-refractivity contribution in [1.82, 2.24) is 9.78 Å². The van der Waals surface area contributed by atoms with Crippen LogP contribution in [0.5, 0.6) is 0 Å². The number of nitrogens with zero attached hydrogens (tertiary/aromatic N) is 1. The van der Waals surface area contributed by atoms with Crippen LogP contribution < -0.4 is 5.56 Å². The molecule has 2 rings (SSSR count). The van der Waals surface area contributed by atoms with Gasteiger partial charge in [-0.15, -0.1) is 0 Å². The molecule has 0 amide bonds. The topological polar surface area (TPSA) is 37.8 Å². The van der Waals surface area contributed by atoms with Gasteiger partial charge in [-0.2, -0.15) is 0 Å². The first kappa shape index (κ1) is 12.2. The Kier molecular flexibility index (Phi) is 3.24. The molecule has 0 unspecified atom stereocenters. The van der Waals surface area contributed by atoms with Gasteiger partial charge in [0.1, 0.15) is 0 Å². The lowest BCUT2D eigenvalue weighted by Crippen LogP contribution is -2.06. The highest BCUT2D eigenvalue weighted by molar-refractivity contribution is 9.10. The summed E-state index contributed by atoms with van der Waals surface area (Å²) in [6.45, 7) is 6.18. The molecule has 1 heterocycles. The molecule has 1 aromatic carbocycles. The Morgan fingerprint density at radius 1 is 1.29 bits per heavy atom. The van der Waals surface area contributed by atoms with E-state index in [0.29, 0.717) is 5.92 Å². The van der Waals surface area contributed by atoms with E-state index in [0.717, 1.165) is 21.4 Å². The minimum atomic E-state index is -0.0609. The first-order valence-corrected chi connectivity index (χ1v) is 6.37. The molecular weight excluding hydrogens is 280 g/mol. The Hall–Kier alpha value is -1.29. The summed E-state index contributed by atoms with van der Waals surface area (Å²) < 4.78 is 2.92. The van der Waals surface area contributed by atoms with Crippen LogP contribution in [0, 0.1) is 6.92 Å². The van der Waals surface area contributed by atoms with Crippen LogP contribution >= 0.6 is 15.9 Å². The summed E-state index contributed by atoms with van der Waals surface area (Å²) in [6, 6.07) is 7.68.